The maximum atomic E-state index is 12.5. The number of carbonyl (C=O) groups is 1. The summed E-state index contributed by atoms with van der Waals surface area (Å²) in [6, 6.07) is 17.7. The average molecular weight is 419 g/mol. The van der Waals surface area contributed by atoms with Crippen molar-refractivity contribution in [2.75, 3.05) is 16.4 Å². The van der Waals surface area contributed by atoms with Gasteiger partial charge in [-0.15, -0.1) is 0 Å². The molecule has 4 aromatic rings. The van der Waals surface area contributed by atoms with Gasteiger partial charge in [0.05, 0.1) is 28.3 Å². The van der Waals surface area contributed by atoms with Crippen LogP contribution in [-0.4, -0.2) is 31.4 Å². The number of benzene rings is 2. The molecule has 2 aromatic carbocycles. The first-order valence-electron chi connectivity index (χ1n) is 9.53. The largest absolute Gasteiger partial charge is 0.340 e. The first-order valence-corrected chi connectivity index (χ1v) is 10.5. The van der Waals surface area contributed by atoms with E-state index in [-0.39, 0.29) is 11.7 Å². The topological polar surface area (TPSA) is 84.7 Å². The zero-order valence-corrected chi connectivity index (χ0v) is 17.8. The van der Waals surface area contributed by atoms with Gasteiger partial charge in [0.1, 0.15) is 5.82 Å². The van der Waals surface area contributed by atoms with Crippen LogP contribution in [0.2, 0.25) is 0 Å². The third-order valence-corrected chi connectivity index (χ3v) is 5.57. The van der Waals surface area contributed by atoms with Crippen molar-refractivity contribution in [2.45, 2.75) is 19.0 Å². The Morgan fingerprint density at radius 2 is 1.77 bits per heavy atom. The lowest BCUT2D eigenvalue weighted by atomic mass is 10.2. The van der Waals surface area contributed by atoms with Crippen LogP contribution in [0, 0.1) is 13.8 Å². The predicted octanol–water partition coefficient (Wildman–Crippen LogP) is 4.45. The van der Waals surface area contributed by atoms with E-state index in [4.69, 9.17) is 0 Å². The maximum absolute atomic E-state index is 12.5. The van der Waals surface area contributed by atoms with Crippen LogP contribution >= 0.6 is 11.8 Å². The lowest BCUT2D eigenvalue weighted by Gasteiger charge is -2.11. The van der Waals surface area contributed by atoms with Crippen LogP contribution in [0.5, 0.6) is 0 Å². The second-order valence-corrected chi connectivity index (χ2v) is 7.81. The van der Waals surface area contributed by atoms with Crippen molar-refractivity contribution in [3.05, 3.63) is 66.0 Å². The fourth-order valence-corrected chi connectivity index (χ4v) is 3.78. The molecule has 0 spiro atoms. The first-order chi connectivity index (χ1) is 14.5. The predicted molar refractivity (Wildman–Crippen MR) is 121 cm³/mol. The number of aryl methyl sites for hydroxylation is 2. The van der Waals surface area contributed by atoms with Crippen LogP contribution < -0.4 is 10.6 Å². The Morgan fingerprint density at radius 3 is 2.50 bits per heavy atom. The Kier molecular flexibility index (Phi) is 5.67. The molecule has 0 unspecified atom stereocenters. The van der Waals surface area contributed by atoms with E-state index in [0.717, 1.165) is 33.7 Å². The van der Waals surface area contributed by atoms with Gasteiger partial charge in [-0.05, 0) is 38.1 Å². The van der Waals surface area contributed by atoms with Gasteiger partial charge in [0, 0.05) is 18.1 Å². The van der Waals surface area contributed by atoms with E-state index < -0.39 is 0 Å². The summed E-state index contributed by atoms with van der Waals surface area (Å²) in [5.41, 5.74) is 4.24. The van der Waals surface area contributed by atoms with E-state index in [0.29, 0.717) is 11.0 Å². The van der Waals surface area contributed by atoms with Crippen molar-refractivity contribution in [1.29, 1.82) is 0 Å². The molecule has 0 atom stereocenters. The Bertz CT molecular complexity index is 1210. The summed E-state index contributed by atoms with van der Waals surface area (Å²) in [5, 5.41) is 12.1. The number of carbonyl (C=O) groups excluding carboxylic acids is 1. The van der Waals surface area contributed by atoms with Crippen molar-refractivity contribution in [2.24, 2.45) is 7.05 Å². The van der Waals surface area contributed by atoms with E-state index in [1.807, 2.05) is 75.5 Å². The first kappa shape index (κ1) is 19.9. The smallest absolute Gasteiger partial charge is 0.234 e. The van der Waals surface area contributed by atoms with Crippen molar-refractivity contribution >= 4 is 45.8 Å². The minimum Gasteiger partial charge on any atom is -0.340 e. The zero-order valence-electron chi connectivity index (χ0n) is 17.0. The second kappa shape index (κ2) is 8.54. The summed E-state index contributed by atoms with van der Waals surface area (Å²) in [7, 11) is 1.86. The standard InChI is InChI=1S/C22H22N6OS/c1-14-20(15(2)28(3)27-14)25-19(29)13-30-22-24-18-12-8-7-11-17(18)21(26-22)23-16-9-5-4-6-10-16/h4-12H,13H2,1-3H3,(H,25,29)(H,23,24,26). The molecule has 2 N–H and O–H groups in total. The molecule has 0 saturated heterocycles. The molecule has 4 rings (SSSR count). The normalized spacial score (nSPS) is 10.9. The van der Waals surface area contributed by atoms with Crippen molar-refractivity contribution in [3.8, 4) is 0 Å². The van der Waals surface area contributed by atoms with Crippen LogP contribution in [0.1, 0.15) is 11.4 Å². The van der Waals surface area contributed by atoms with Crippen LogP contribution in [0.4, 0.5) is 17.2 Å². The average Bonchev–Trinajstić information content (AvgIpc) is 2.99. The van der Waals surface area contributed by atoms with Gasteiger partial charge in [0.25, 0.3) is 0 Å². The van der Waals surface area contributed by atoms with Gasteiger partial charge in [0.15, 0.2) is 5.16 Å². The number of aromatic nitrogens is 4. The van der Waals surface area contributed by atoms with E-state index in [1.165, 1.54) is 11.8 Å². The van der Waals surface area contributed by atoms with Gasteiger partial charge in [-0.2, -0.15) is 5.10 Å². The molecule has 152 valence electrons. The van der Waals surface area contributed by atoms with Crippen LogP contribution in [-0.2, 0) is 11.8 Å². The van der Waals surface area contributed by atoms with Gasteiger partial charge in [0.2, 0.25) is 5.91 Å². The summed E-state index contributed by atoms with van der Waals surface area (Å²) in [4.78, 5) is 21.8. The lowest BCUT2D eigenvalue weighted by Crippen LogP contribution is -2.15. The fraction of sp³-hybridized carbons (Fsp3) is 0.182. The number of nitrogens with zero attached hydrogens (tertiary/aromatic N) is 4. The quantitative estimate of drug-likeness (QED) is 0.355. The number of rotatable bonds is 6. The van der Waals surface area contributed by atoms with Crippen LogP contribution in [0.3, 0.4) is 0 Å². The molecule has 30 heavy (non-hydrogen) atoms. The number of fused-ring (bicyclic) bond motifs is 1. The summed E-state index contributed by atoms with van der Waals surface area (Å²) in [5.74, 6) is 0.804. The molecule has 0 aliphatic rings. The summed E-state index contributed by atoms with van der Waals surface area (Å²) >= 11 is 1.30. The SMILES string of the molecule is Cc1nn(C)c(C)c1NC(=O)CSc1nc(Nc2ccccc2)c2ccccc2n1. The molecule has 0 saturated carbocycles. The molecule has 1 amide bonds. The summed E-state index contributed by atoms with van der Waals surface area (Å²) in [6.45, 7) is 3.81. The van der Waals surface area contributed by atoms with Gasteiger partial charge < -0.3 is 10.6 Å². The molecule has 0 radical (unpaired) electrons. The molecule has 0 aliphatic carbocycles. The highest BCUT2D eigenvalue weighted by molar-refractivity contribution is 7.99. The Labute approximate surface area is 178 Å². The fourth-order valence-electron chi connectivity index (χ4n) is 3.13. The Morgan fingerprint density at radius 1 is 1.03 bits per heavy atom. The Balaban J connectivity index is 1.53. The molecular weight excluding hydrogens is 396 g/mol. The van der Waals surface area contributed by atoms with Crippen molar-refractivity contribution in [1.82, 2.24) is 19.7 Å². The van der Waals surface area contributed by atoms with E-state index in [2.05, 4.69) is 25.7 Å². The molecule has 7 nitrogen and oxygen atoms in total. The molecule has 0 bridgehead atoms. The third kappa shape index (κ3) is 4.28. The number of hydrogen-bond donors (Lipinski definition) is 2. The van der Waals surface area contributed by atoms with Gasteiger partial charge in [-0.3, -0.25) is 9.48 Å². The van der Waals surface area contributed by atoms with E-state index in [9.17, 15) is 4.79 Å². The minimum absolute atomic E-state index is 0.117. The monoisotopic (exact) mass is 418 g/mol. The van der Waals surface area contributed by atoms with Crippen LogP contribution in [0.15, 0.2) is 59.8 Å². The highest BCUT2D eigenvalue weighted by Crippen LogP contribution is 2.27. The van der Waals surface area contributed by atoms with Gasteiger partial charge >= 0.3 is 0 Å². The summed E-state index contributed by atoms with van der Waals surface area (Å²) in [6.07, 6.45) is 0. The summed E-state index contributed by atoms with van der Waals surface area (Å²) < 4.78 is 1.76. The molecule has 0 fully saturated rings. The Hall–Kier alpha value is -3.39. The van der Waals surface area contributed by atoms with Crippen molar-refractivity contribution < 1.29 is 4.79 Å². The number of amides is 1. The van der Waals surface area contributed by atoms with E-state index in [1.54, 1.807) is 4.68 Å². The van der Waals surface area contributed by atoms with Crippen LogP contribution in [0.25, 0.3) is 10.9 Å². The lowest BCUT2D eigenvalue weighted by molar-refractivity contribution is -0.113. The molecule has 2 heterocycles. The molecular formula is C22H22N6OS. The number of thioether (sulfide) groups is 1. The maximum Gasteiger partial charge on any atom is 0.234 e. The number of anilines is 3. The molecule has 0 aliphatic heterocycles. The number of nitrogens with one attached hydrogen (secondary N) is 2. The highest BCUT2D eigenvalue weighted by atomic mass is 32.2. The molecule has 8 heteroatoms. The number of para-hydroxylation sites is 2. The second-order valence-electron chi connectivity index (χ2n) is 6.87. The van der Waals surface area contributed by atoms with Crippen molar-refractivity contribution in [3.63, 3.8) is 0 Å². The zero-order chi connectivity index (χ0) is 21.1. The third-order valence-electron chi connectivity index (χ3n) is 4.73. The highest BCUT2D eigenvalue weighted by Gasteiger charge is 2.14. The number of hydrogen-bond acceptors (Lipinski definition) is 6. The molecule has 2 aromatic heterocycles. The minimum atomic E-state index is -0.117. The van der Waals surface area contributed by atoms with E-state index >= 15 is 0 Å². The van der Waals surface area contributed by atoms with Gasteiger partial charge in [-0.1, -0.05) is 42.1 Å². The van der Waals surface area contributed by atoms with Gasteiger partial charge in [-0.25, -0.2) is 9.97 Å².